The van der Waals surface area contributed by atoms with Gasteiger partial charge in [0.05, 0.1) is 27.2 Å². The van der Waals surface area contributed by atoms with E-state index in [1.807, 2.05) is 0 Å². The van der Waals surface area contributed by atoms with Gasteiger partial charge in [-0.1, -0.05) is 6.07 Å². The van der Waals surface area contributed by atoms with E-state index in [2.05, 4.69) is 0 Å². The molecule has 3 N–H and O–H groups in total. The summed E-state index contributed by atoms with van der Waals surface area (Å²) in [4.78, 5) is 13.5. The van der Waals surface area contributed by atoms with Crippen LogP contribution in [0.25, 0.3) is 0 Å². The quantitative estimate of drug-likeness (QED) is 0.424. The number of benzene rings is 2. The zero-order chi connectivity index (χ0) is 21.7. The van der Waals surface area contributed by atoms with Crippen molar-refractivity contribution < 1.29 is 43.8 Å². The van der Waals surface area contributed by atoms with Crippen LogP contribution in [-0.2, 0) is 9.47 Å². The van der Waals surface area contributed by atoms with Crippen LogP contribution in [0, 0.1) is 0 Å². The van der Waals surface area contributed by atoms with E-state index in [0.29, 0.717) is 5.56 Å². The fourth-order valence-corrected chi connectivity index (χ4v) is 3.07. The Morgan fingerprint density at radius 3 is 1.93 bits per heavy atom. The summed E-state index contributed by atoms with van der Waals surface area (Å²) in [5.41, 5.74) is 0.108. The molecule has 0 spiro atoms. The summed E-state index contributed by atoms with van der Waals surface area (Å²) in [7, 11) is 6.63. The lowest BCUT2D eigenvalue weighted by molar-refractivity contribution is -0.110. The summed E-state index contributed by atoms with van der Waals surface area (Å²) >= 11 is 0. The van der Waals surface area contributed by atoms with Crippen molar-refractivity contribution in [2.24, 2.45) is 0 Å². The Bertz CT molecular complexity index is 875. The van der Waals surface area contributed by atoms with Crippen molar-refractivity contribution >= 4 is 5.78 Å². The molecule has 1 unspecified atom stereocenters. The number of aromatic hydroxyl groups is 3. The van der Waals surface area contributed by atoms with E-state index in [1.165, 1.54) is 47.7 Å². The number of hydrogen-bond acceptors (Lipinski definition) is 9. The van der Waals surface area contributed by atoms with E-state index in [0.717, 1.165) is 6.07 Å². The molecule has 2 aromatic carbocycles. The van der Waals surface area contributed by atoms with Gasteiger partial charge in [0.2, 0.25) is 5.75 Å². The van der Waals surface area contributed by atoms with Crippen molar-refractivity contribution in [1.29, 1.82) is 0 Å². The lowest BCUT2D eigenvalue weighted by Gasteiger charge is -2.26. The number of phenolic OH excluding ortho intramolecular Hbond substituents is 3. The minimum absolute atomic E-state index is 0.0699. The second kappa shape index (κ2) is 9.35. The van der Waals surface area contributed by atoms with Gasteiger partial charge in [0.25, 0.3) is 0 Å². The van der Waals surface area contributed by atoms with Crippen LogP contribution < -0.4 is 14.2 Å². The first-order valence-electron chi connectivity index (χ1n) is 8.48. The lowest BCUT2D eigenvalue weighted by Crippen LogP contribution is -2.30. The molecule has 0 heterocycles. The van der Waals surface area contributed by atoms with Gasteiger partial charge in [0.15, 0.2) is 35.1 Å². The normalized spacial score (nSPS) is 11.9. The number of phenols is 3. The highest BCUT2D eigenvalue weighted by molar-refractivity contribution is 6.06. The molecular weight excluding hydrogens is 384 g/mol. The maximum Gasteiger partial charge on any atom is 0.203 e. The van der Waals surface area contributed by atoms with Gasteiger partial charge in [-0.25, -0.2) is 0 Å². The van der Waals surface area contributed by atoms with Crippen LogP contribution in [0.5, 0.6) is 34.5 Å². The highest BCUT2D eigenvalue weighted by Gasteiger charge is 2.36. The van der Waals surface area contributed by atoms with E-state index in [4.69, 9.17) is 23.7 Å². The molecule has 2 rings (SSSR count). The van der Waals surface area contributed by atoms with Crippen LogP contribution in [0.1, 0.15) is 21.8 Å². The number of methoxy groups -OCH3 is 5. The molecular formula is C20H24O9. The molecule has 0 saturated heterocycles. The van der Waals surface area contributed by atoms with Gasteiger partial charge in [-0.15, -0.1) is 0 Å². The molecule has 0 aromatic heterocycles. The van der Waals surface area contributed by atoms with Crippen molar-refractivity contribution in [3.05, 3.63) is 35.4 Å². The van der Waals surface area contributed by atoms with Crippen LogP contribution >= 0.6 is 0 Å². The predicted molar refractivity (Wildman–Crippen MR) is 102 cm³/mol. The van der Waals surface area contributed by atoms with Crippen molar-refractivity contribution in [3.8, 4) is 34.5 Å². The monoisotopic (exact) mass is 408 g/mol. The van der Waals surface area contributed by atoms with Gasteiger partial charge in [0, 0.05) is 20.3 Å². The van der Waals surface area contributed by atoms with E-state index in [1.54, 1.807) is 6.07 Å². The molecule has 1 atom stereocenters. The van der Waals surface area contributed by atoms with Gasteiger partial charge in [-0.2, -0.15) is 0 Å². The lowest BCUT2D eigenvalue weighted by atomic mass is 9.88. The van der Waals surface area contributed by atoms with Crippen LogP contribution in [-0.4, -0.2) is 62.9 Å². The Kier molecular flexibility index (Phi) is 7.13. The number of rotatable bonds is 9. The molecule has 9 heteroatoms. The molecule has 0 amide bonds. The second-order valence-corrected chi connectivity index (χ2v) is 5.97. The smallest absolute Gasteiger partial charge is 0.203 e. The zero-order valence-electron chi connectivity index (χ0n) is 16.8. The fourth-order valence-electron chi connectivity index (χ4n) is 3.07. The molecule has 2 aromatic rings. The first-order chi connectivity index (χ1) is 13.8. The van der Waals surface area contributed by atoms with E-state index in [9.17, 15) is 20.1 Å². The molecule has 9 nitrogen and oxygen atoms in total. The molecule has 0 fully saturated rings. The van der Waals surface area contributed by atoms with Crippen molar-refractivity contribution in [3.63, 3.8) is 0 Å². The van der Waals surface area contributed by atoms with Crippen LogP contribution in [0.4, 0.5) is 0 Å². The van der Waals surface area contributed by atoms with Crippen molar-refractivity contribution in [2.75, 3.05) is 35.5 Å². The standard InChI is InChI=1S/C20H24O9/c1-25-13-7-6-10(8-11(13)21)15(20(28-4)29-5)17(23)16-14(26-2)9-12(22)19(27-3)18(16)24/h6-9,15,20-22,24H,1-5H3. The maximum atomic E-state index is 13.5. The minimum atomic E-state index is -1.10. The van der Waals surface area contributed by atoms with Crippen LogP contribution in [0.2, 0.25) is 0 Å². The average Bonchev–Trinajstić information content (AvgIpc) is 2.71. The van der Waals surface area contributed by atoms with E-state index < -0.39 is 29.5 Å². The number of hydrogen-bond donors (Lipinski definition) is 3. The van der Waals surface area contributed by atoms with Gasteiger partial charge in [-0.05, 0) is 17.7 Å². The number of carbonyl (C=O) groups is 1. The summed E-state index contributed by atoms with van der Waals surface area (Å²) in [6.45, 7) is 0. The number of ether oxygens (including phenoxy) is 5. The highest BCUT2D eigenvalue weighted by atomic mass is 16.7. The van der Waals surface area contributed by atoms with Crippen LogP contribution in [0.3, 0.4) is 0 Å². The summed E-state index contributed by atoms with van der Waals surface area (Å²) in [6, 6.07) is 5.55. The largest absolute Gasteiger partial charge is 0.504 e. The molecule has 0 radical (unpaired) electrons. The molecule has 0 aliphatic carbocycles. The van der Waals surface area contributed by atoms with Gasteiger partial charge in [-0.3, -0.25) is 4.79 Å². The van der Waals surface area contributed by atoms with E-state index >= 15 is 0 Å². The molecule has 0 bridgehead atoms. The van der Waals surface area contributed by atoms with Gasteiger partial charge >= 0.3 is 0 Å². The van der Waals surface area contributed by atoms with Crippen molar-refractivity contribution in [1.82, 2.24) is 0 Å². The Balaban J connectivity index is 2.70. The fraction of sp³-hybridized carbons (Fsp3) is 0.350. The van der Waals surface area contributed by atoms with Gasteiger partial charge in [0.1, 0.15) is 11.3 Å². The Morgan fingerprint density at radius 2 is 1.45 bits per heavy atom. The number of Topliss-reactive ketones (excluding diaryl/α,β-unsaturated/α-hetero) is 1. The maximum absolute atomic E-state index is 13.5. The molecule has 0 aliphatic rings. The average molecular weight is 408 g/mol. The third-order valence-electron chi connectivity index (χ3n) is 4.45. The minimum Gasteiger partial charge on any atom is -0.504 e. The Labute approximate surface area is 168 Å². The van der Waals surface area contributed by atoms with Crippen molar-refractivity contribution in [2.45, 2.75) is 12.2 Å². The molecule has 158 valence electrons. The summed E-state index contributed by atoms with van der Waals surface area (Å²) < 4.78 is 25.8. The zero-order valence-corrected chi connectivity index (χ0v) is 16.8. The topological polar surface area (TPSA) is 124 Å². The Morgan fingerprint density at radius 1 is 0.828 bits per heavy atom. The molecule has 0 aliphatic heterocycles. The van der Waals surface area contributed by atoms with Crippen LogP contribution in [0.15, 0.2) is 24.3 Å². The molecule has 29 heavy (non-hydrogen) atoms. The summed E-state index contributed by atoms with van der Waals surface area (Å²) in [5.74, 6) is -3.05. The second-order valence-electron chi connectivity index (χ2n) is 5.97. The molecule has 0 saturated carbocycles. The predicted octanol–water partition coefficient (Wildman–Crippen LogP) is 2.41. The number of ketones is 1. The Hall–Kier alpha value is -3.17. The highest BCUT2D eigenvalue weighted by Crippen LogP contribution is 2.46. The first kappa shape index (κ1) is 22.1. The SMILES string of the molecule is COc1ccc(C(C(=O)c2c(OC)cc(O)c(OC)c2O)C(OC)OC)cc1O. The number of carbonyl (C=O) groups excluding carboxylic acids is 1. The van der Waals surface area contributed by atoms with E-state index in [-0.39, 0.29) is 28.6 Å². The third kappa shape index (κ3) is 4.15. The van der Waals surface area contributed by atoms with Gasteiger partial charge < -0.3 is 39.0 Å². The summed E-state index contributed by atoms with van der Waals surface area (Å²) in [6.07, 6.45) is -1.06. The first-order valence-corrected chi connectivity index (χ1v) is 8.48. The summed E-state index contributed by atoms with van der Waals surface area (Å²) in [5, 5.41) is 30.7. The third-order valence-corrected chi connectivity index (χ3v) is 4.45.